The topological polar surface area (TPSA) is 23.5 Å². The number of aliphatic hydroxyl groups is 1. The van der Waals surface area contributed by atoms with E-state index in [0.29, 0.717) is 12.0 Å². The van der Waals surface area contributed by atoms with Gasteiger partial charge in [-0.25, -0.2) is 0 Å². The maximum absolute atomic E-state index is 10.2. The van der Waals surface area contributed by atoms with Gasteiger partial charge in [-0.1, -0.05) is 6.92 Å². The van der Waals surface area contributed by atoms with Crippen LogP contribution in [0.5, 0.6) is 0 Å². The lowest BCUT2D eigenvalue weighted by Crippen LogP contribution is -2.58. The zero-order valence-corrected chi connectivity index (χ0v) is 10.5. The monoisotopic (exact) mass is 199 g/mol. The summed E-state index contributed by atoms with van der Waals surface area (Å²) in [6.45, 7) is 14.1. The second kappa shape index (κ2) is 3.49. The van der Waals surface area contributed by atoms with Gasteiger partial charge in [0.05, 0.1) is 5.60 Å². The fourth-order valence-electron chi connectivity index (χ4n) is 2.52. The van der Waals surface area contributed by atoms with Gasteiger partial charge in [-0.05, 0) is 47.0 Å². The normalized spacial score (nSPS) is 41.4. The van der Waals surface area contributed by atoms with Gasteiger partial charge in [0, 0.05) is 18.1 Å². The number of rotatable bonds is 0. The van der Waals surface area contributed by atoms with E-state index >= 15 is 0 Å². The third-order valence-electron chi connectivity index (χ3n) is 3.63. The fourth-order valence-corrected chi connectivity index (χ4v) is 2.52. The summed E-state index contributed by atoms with van der Waals surface area (Å²) in [5, 5.41) is 10.2. The second-order valence-electron chi connectivity index (χ2n) is 6.13. The summed E-state index contributed by atoms with van der Waals surface area (Å²) in [5.41, 5.74) is -0.272. The molecule has 3 unspecified atom stereocenters. The molecule has 0 radical (unpaired) electrons. The van der Waals surface area contributed by atoms with E-state index in [1.807, 2.05) is 6.92 Å². The third kappa shape index (κ3) is 2.29. The van der Waals surface area contributed by atoms with Crippen molar-refractivity contribution < 1.29 is 5.11 Å². The molecule has 1 aliphatic heterocycles. The summed E-state index contributed by atoms with van der Waals surface area (Å²) in [6.07, 6.45) is 0.880. The first-order chi connectivity index (χ1) is 6.14. The van der Waals surface area contributed by atoms with E-state index in [2.05, 4.69) is 39.5 Å². The first-order valence-electron chi connectivity index (χ1n) is 5.64. The molecule has 1 N–H and O–H groups in total. The average Bonchev–Trinajstić information content (AvgIpc) is 1.93. The van der Waals surface area contributed by atoms with Gasteiger partial charge in [-0.15, -0.1) is 0 Å². The van der Waals surface area contributed by atoms with Gasteiger partial charge in [0.25, 0.3) is 0 Å². The van der Waals surface area contributed by atoms with Crippen LogP contribution >= 0.6 is 0 Å². The highest BCUT2D eigenvalue weighted by molar-refractivity contribution is 4.95. The van der Waals surface area contributed by atoms with E-state index in [1.54, 1.807) is 0 Å². The van der Waals surface area contributed by atoms with Crippen LogP contribution in [0.3, 0.4) is 0 Å². The van der Waals surface area contributed by atoms with Gasteiger partial charge >= 0.3 is 0 Å². The smallest absolute Gasteiger partial charge is 0.0672 e. The molecule has 84 valence electrons. The molecule has 0 amide bonds. The average molecular weight is 199 g/mol. The third-order valence-corrected chi connectivity index (χ3v) is 3.63. The first-order valence-corrected chi connectivity index (χ1v) is 5.64. The van der Waals surface area contributed by atoms with E-state index in [0.717, 1.165) is 13.0 Å². The molecule has 3 atom stereocenters. The molecule has 2 heteroatoms. The molecule has 1 rings (SSSR count). The highest BCUT2D eigenvalue weighted by atomic mass is 16.3. The summed E-state index contributed by atoms with van der Waals surface area (Å²) in [4.78, 5) is 2.50. The Morgan fingerprint density at radius 3 is 2.21 bits per heavy atom. The van der Waals surface area contributed by atoms with Crippen molar-refractivity contribution in [1.82, 2.24) is 4.90 Å². The molecule has 0 aromatic heterocycles. The molecule has 14 heavy (non-hydrogen) atoms. The Morgan fingerprint density at radius 2 is 1.79 bits per heavy atom. The van der Waals surface area contributed by atoms with Crippen LogP contribution in [0.2, 0.25) is 0 Å². The fraction of sp³-hybridized carbons (Fsp3) is 1.00. The molecule has 1 heterocycles. The number of piperidine rings is 1. The lowest BCUT2D eigenvalue weighted by molar-refractivity contribution is -0.0941. The Morgan fingerprint density at radius 1 is 1.29 bits per heavy atom. The summed E-state index contributed by atoms with van der Waals surface area (Å²) >= 11 is 0. The van der Waals surface area contributed by atoms with Gasteiger partial charge in [-0.2, -0.15) is 0 Å². The SMILES string of the molecule is CC1CC(C)(O)C(C)CN1C(C)(C)C. The second-order valence-corrected chi connectivity index (χ2v) is 6.13. The minimum atomic E-state index is -0.485. The van der Waals surface area contributed by atoms with Crippen LogP contribution in [0.15, 0.2) is 0 Å². The molecule has 1 fully saturated rings. The van der Waals surface area contributed by atoms with Crippen molar-refractivity contribution >= 4 is 0 Å². The molecule has 0 spiro atoms. The Hall–Kier alpha value is -0.0800. The maximum Gasteiger partial charge on any atom is 0.0672 e. The van der Waals surface area contributed by atoms with E-state index < -0.39 is 5.60 Å². The Kier molecular flexibility index (Phi) is 2.99. The van der Waals surface area contributed by atoms with Crippen molar-refractivity contribution in [3.05, 3.63) is 0 Å². The lowest BCUT2D eigenvalue weighted by Gasteiger charge is -2.50. The van der Waals surface area contributed by atoms with Crippen molar-refractivity contribution in [2.45, 2.75) is 65.1 Å². The van der Waals surface area contributed by atoms with Crippen molar-refractivity contribution in [3.63, 3.8) is 0 Å². The largest absolute Gasteiger partial charge is 0.390 e. The number of nitrogens with zero attached hydrogens (tertiary/aromatic N) is 1. The summed E-state index contributed by atoms with van der Waals surface area (Å²) in [6, 6.07) is 0.473. The summed E-state index contributed by atoms with van der Waals surface area (Å²) in [5.74, 6) is 0.359. The van der Waals surface area contributed by atoms with Crippen LogP contribution in [0.1, 0.15) is 48.0 Å². The number of likely N-dealkylation sites (tertiary alicyclic amines) is 1. The van der Waals surface area contributed by atoms with Gasteiger partial charge in [-0.3, -0.25) is 4.90 Å². The number of hydrogen-bond donors (Lipinski definition) is 1. The molecule has 2 nitrogen and oxygen atoms in total. The highest BCUT2D eigenvalue weighted by Crippen LogP contribution is 2.34. The van der Waals surface area contributed by atoms with Crippen LogP contribution in [0, 0.1) is 5.92 Å². The summed E-state index contributed by atoms with van der Waals surface area (Å²) < 4.78 is 0. The molecular weight excluding hydrogens is 174 g/mol. The van der Waals surface area contributed by atoms with Gasteiger partial charge in [0.15, 0.2) is 0 Å². The standard InChI is InChI=1S/C12H25NO/c1-9-8-13(11(3,4)5)10(2)7-12(9,6)14/h9-10,14H,7-8H2,1-6H3. The van der Waals surface area contributed by atoms with E-state index in [-0.39, 0.29) is 5.54 Å². The van der Waals surface area contributed by atoms with Crippen LogP contribution in [-0.2, 0) is 0 Å². The Labute approximate surface area is 88.3 Å². The van der Waals surface area contributed by atoms with Gasteiger partial charge in [0.2, 0.25) is 0 Å². The molecule has 1 saturated heterocycles. The minimum Gasteiger partial charge on any atom is -0.390 e. The maximum atomic E-state index is 10.2. The number of hydrogen-bond acceptors (Lipinski definition) is 2. The van der Waals surface area contributed by atoms with Crippen LogP contribution < -0.4 is 0 Å². The van der Waals surface area contributed by atoms with Crippen LogP contribution in [0.4, 0.5) is 0 Å². The molecule has 0 aliphatic carbocycles. The van der Waals surface area contributed by atoms with E-state index in [4.69, 9.17) is 0 Å². The predicted octanol–water partition coefficient (Wildman–Crippen LogP) is 2.27. The lowest BCUT2D eigenvalue weighted by atomic mass is 9.79. The molecule has 1 aliphatic rings. The Bertz CT molecular complexity index is 205. The van der Waals surface area contributed by atoms with Crippen LogP contribution in [-0.4, -0.2) is 33.7 Å². The van der Waals surface area contributed by atoms with Gasteiger partial charge in [0.1, 0.15) is 0 Å². The van der Waals surface area contributed by atoms with Crippen LogP contribution in [0.25, 0.3) is 0 Å². The zero-order chi connectivity index (χ0) is 11.1. The Balaban J connectivity index is 2.77. The minimum absolute atomic E-state index is 0.212. The van der Waals surface area contributed by atoms with Crippen molar-refractivity contribution in [1.29, 1.82) is 0 Å². The summed E-state index contributed by atoms with van der Waals surface area (Å²) in [7, 11) is 0. The van der Waals surface area contributed by atoms with E-state index in [1.165, 1.54) is 0 Å². The van der Waals surface area contributed by atoms with Crippen molar-refractivity contribution in [2.75, 3.05) is 6.54 Å². The molecule has 0 saturated carbocycles. The van der Waals surface area contributed by atoms with Crippen molar-refractivity contribution in [2.24, 2.45) is 5.92 Å². The quantitative estimate of drug-likeness (QED) is 0.647. The molecular formula is C12H25NO. The zero-order valence-electron chi connectivity index (χ0n) is 10.5. The molecule has 0 aromatic carbocycles. The predicted molar refractivity (Wildman–Crippen MR) is 60.3 cm³/mol. The van der Waals surface area contributed by atoms with Crippen molar-refractivity contribution in [3.8, 4) is 0 Å². The molecule has 0 aromatic rings. The van der Waals surface area contributed by atoms with E-state index in [9.17, 15) is 5.11 Å². The van der Waals surface area contributed by atoms with Gasteiger partial charge < -0.3 is 5.11 Å². The molecule has 0 bridgehead atoms. The highest BCUT2D eigenvalue weighted by Gasteiger charge is 2.41. The first kappa shape index (κ1) is 12.0.